The summed E-state index contributed by atoms with van der Waals surface area (Å²) >= 11 is 0. The van der Waals surface area contributed by atoms with E-state index in [1.807, 2.05) is 0 Å². The van der Waals surface area contributed by atoms with Crippen LogP contribution in [-0.4, -0.2) is 33.1 Å². The van der Waals surface area contributed by atoms with E-state index in [1.54, 1.807) is 0 Å². The summed E-state index contributed by atoms with van der Waals surface area (Å²) in [6.07, 6.45) is -4.70. The summed E-state index contributed by atoms with van der Waals surface area (Å²) in [6, 6.07) is 6.64. The van der Waals surface area contributed by atoms with E-state index < -0.39 is 45.6 Å². The Morgan fingerprint density at radius 3 is 1.63 bits per heavy atom. The number of halogens is 3. The largest absolute Gasteiger partial charge is 0.504 e. The molecule has 12 heteroatoms. The predicted octanol–water partition coefficient (Wildman–Crippen LogP) is 2.55. The van der Waals surface area contributed by atoms with Gasteiger partial charge in [-0.25, -0.2) is 16.8 Å². The lowest BCUT2D eigenvalue weighted by molar-refractivity contribution is -0.137. The Morgan fingerprint density at radius 1 is 0.889 bits per heavy atom. The molecule has 0 atom stereocenters. The molecule has 2 aromatic carbocycles. The molecule has 0 fully saturated rings. The van der Waals surface area contributed by atoms with Gasteiger partial charge in [-0.05, 0) is 48.5 Å². The molecule has 0 unspecified atom stereocenters. The highest BCUT2D eigenvalue weighted by Crippen LogP contribution is 2.30. The van der Waals surface area contributed by atoms with Crippen molar-refractivity contribution in [1.82, 2.24) is 0 Å². The van der Waals surface area contributed by atoms with E-state index >= 15 is 0 Å². The van der Waals surface area contributed by atoms with Crippen LogP contribution in [0.3, 0.4) is 0 Å². The Hall–Kier alpha value is -2.69. The van der Waals surface area contributed by atoms with Crippen molar-refractivity contribution < 1.29 is 39.5 Å². The van der Waals surface area contributed by atoms with Crippen LogP contribution in [0.15, 0.2) is 58.3 Å². The van der Waals surface area contributed by atoms with E-state index in [0.29, 0.717) is 30.0 Å². The summed E-state index contributed by atoms with van der Waals surface area (Å²) in [7, 11) is -8.38. The molecular formula is C15H11F3N2O5S2. The molecular weight excluding hydrogens is 409 g/mol. The van der Waals surface area contributed by atoms with Gasteiger partial charge in [0.05, 0.1) is 22.5 Å². The van der Waals surface area contributed by atoms with Gasteiger partial charge in [-0.3, -0.25) is 0 Å². The Balaban J connectivity index is 2.53. The van der Waals surface area contributed by atoms with Crippen LogP contribution in [0.25, 0.3) is 5.53 Å². The number of rotatable bonds is 3. The van der Waals surface area contributed by atoms with Crippen molar-refractivity contribution in [3.05, 3.63) is 59.6 Å². The summed E-state index contributed by atoms with van der Waals surface area (Å²) in [6.45, 7) is 0. The fourth-order valence-electron chi connectivity index (χ4n) is 2.03. The highest BCUT2D eigenvalue weighted by Gasteiger charge is 2.44. The van der Waals surface area contributed by atoms with Gasteiger partial charge < -0.3 is 10.3 Å². The maximum absolute atomic E-state index is 12.6. The minimum Gasteiger partial charge on any atom is -0.497 e. The smallest absolute Gasteiger partial charge is 0.497 e. The molecule has 2 rings (SSSR count). The third-order valence-electron chi connectivity index (χ3n) is 3.40. The number of sulfone groups is 2. The van der Waals surface area contributed by atoms with Crippen LogP contribution in [-0.2, 0) is 25.9 Å². The quantitative estimate of drug-likeness (QED) is 0.328. The highest BCUT2D eigenvalue weighted by atomic mass is 32.3. The monoisotopic (exact) mass is 420 g/mol. The summed E-state index contributed by atoms with van der Waals surface area (Å²) < 4.78 is 91.1. The first kappa shape index (κ1) is 20.6. The van der Waals surface area contributed by atoms with Gasteiger partial charge in [-0.2, -0.15) is 13.2 Å². The first-order chi connectivity index (χ1) is 12.4. The van der Waals surface area contributed by atoms with Gasteiger partial charge in [0.15, 0.2) is 0 Å². The molecule has 0 aliphatic heterocycles. The van der Waals surface area contributed by atoms with Crippen LogP contribution in [0.4, 0.5) is 13.2 Å². The van der Waals surface area contributed by atoms with E-state index in [1.165, 1.54) is 19.2 Å². The van der Waals surface area contributed by atoms with Gasteiger partial charge in [-0.1, -0.05) is 0 Å². The second kappa shape index (κ2) is 7.14. The minimum atomic E-state index is -4.92. The van der Waals surface area contributed by atoms with E-state index in [2.05, 4.69) is 4.79 Å². The summed E-state index contributed by atoms with van der Waals surface area (Å²) in [5.41, 5.74) is 7.91. The zero-order chi connectivity index (χ0) is 20.5. The van der Waals surface area contributed by atoms with Gasteiger partial charge in [0, 0.05) is 0 Å². The van der Waals surface area contributed by atoms with E-state index in [0.717, 1.165) is 12.1 Å². The number of ether oxygens (including phenoxy) is 1. The van der Waals surface area contributed by atoms with Gasteiger partial charge in [0.2, 0.25) is 0 Å². The average molecular weight is 420 g/mol. The summed E-state index contributed by atoms with van der Waals surface area (Å²) in [5.74, 6) is 0.294. The van der Waals surface area contributed by atoms with Crippen molar-refractivity contribution >= 4 is 24.1 Å². The van der Waals surface area contributed by atoms with Crippen LogP contribution in [0.2, 0.25) is 0 Å². The third-order valence-corrected chi connectivity index (χ3v) is 7.59. The van der Waals surface area contributed by atoms with Crippen LogP contribution in [0, 0.1) is 0 Å². The Labute approximate surface area is 152 Å². The maximum Gasteiger partial charge on any atom is 0.504 e. The Morgan fingerprint density at radius 2 is 1.30 bits per heavy atom. The van der Waals surface area contributed by atoms with E-state index in [4.69, 9.17) is 10.3 Å². The van der Waals surface area contributed by atoms with E-state index in [9.17, 15) is 30.0 Å². The lowest BCUT2D eigenvalue weighted by atomic mass is 10.2. The predicted molar refractivity (Wildman–Crippen MR) is 87.4 cm³/mol. The Kier molecular flexibility index (Phi) is 5.45. The minimum absolute atomic E-state index is 0.294. The fraction of sp³-hybridized carbons (Fsp3) is 0.133. The number of hydrogen-bond donors (Lipinski definition) is 0. The Bertz CT molecular complexity index is 1100. The molecule has 0 aromatic heterocycles. The molecule has 0 aliphatic carbocycles. The van der Waals surface area contributed by atoms with Crippen LogP contribution < -0.4 is 4.74 Å². The number of nitrogens with zero attached hydrogens (tertiary/aromatic N) is 2. The van der Waals surface area contributed by atoms with Gasteiger partial charge in [0.1, 0.15) is 5.75 Å². The van der Waals surface area contributed by atoms with Crippen molar-refractivity contribution in [1.29, 1.82) is 0 Å². The fourth-order valence-corrected chi connectivity index (χ4v) is 5.37. The molecule has 0 bridgehead atoms. The van der Waals surface area contributed by atoms with Gasteiger partial charge in [0.25, 0.3) is 19.7 Å². The van der Waals surface area contributed by atoms with Crippen LogP contribution in [0.5, 0.6) is 5.75 Å². The molecule has 0 saturated heterocycles. The average Bonchev–Trinajstić information content (AvgIpc) is 2.61. The van der Waals surface area contributed by atoms with Crippen molar-refractivity contribution in [2.24, 2.45) is 0 Å². The molecule has 0 N–H and O–H groups in total. The van der Waals surface area contributed by atoms with Crippen molar-refractivity contribution in [3.63, 3.8) is 0 Å². The first-order valence-corrected chi connectivity index (χ1v) is 9.95. The summed E-state index contributed by atoms with van der Waals surface area (Å²) in [5, 5.41) is 0. The lowest BCUT2D eigenvalue weighted by Gasteiger charge is -2.07. The van der Waals surface area contributed by atoms with Crippen LogP contribution >= 0.6 is 0 Å². The highest BCUT2D eigenvalue weighted by molar-refractivity contribution is 8.31. The van der Waals surface area contributed by atoms with Crippen LogP contribution in [0.1, 0.15) is 5.56 Å². The zero-order valence-electron chi connectivity index (χ0n) is 13.5. The van der Waals surface area contributed by atoms with Crippen molar-refractivity contribution in [2.75, 3.05) is 7.11 Å². The molecule has 7 nitrogen and oxygen atoms in total. The standard InChI is InChI=1S/C15H11F3N2O5S2/c1-25-11-4-8-13(9-5-11)27(23,24)14(20-19)26(21,22)12-6-2-10(3-7-12)15(16,17)18/h2-9H,1H3. The second-order valence-corrected chi connectivity index (χ2v) is 9.06. The lowest BCUT2D eigenvalue weighted by Crippen LogP contribution is -2.26. The molecule has 0 amide bonds. The second-order valence-electron chi connectivity index (χ2n) is 5.07. The normalized spacial score (nSPS) is 12.3. The first-order valence-electron chi connectivity index (χ1n) is 6.98. The maximum atomic E-state index is 12.6. The van der Waals surface area contributed by atoms with Gasteiger partial charge in [-0.15, -0.1) is 4.79 Å². The number of hydrogen-bond acceptors (Lipinski definition) is 5. The molecule has 0 heterocycles. The number of methoxy groups -OCH3 is 1. The molecule has 0 spiro atoms. The molecule has 0 radical (unpaired) electrons. The molecule has 144 valence electrons. The molecule has 0 saturated carbocycles. The SMILES string of the molecule is COc1ccc(S(=O)(=O)C(=[N+]=[N-])S(=O)(=O)c2ccc(C(F)(F)F)cc2)cc1. The number of benzene rings is 2. The number of alkyl halides is 3. The van der Waals surface area contributed by atoms with Gasteiger partial charge >= 0.3 is 10.6 Å². The molecule has 2 aromatic rings. The third kappa shape index (κ3) is 4.02. The van der Waals surface area contributed by atoms with E-state index in [-0.39, 0.29) is 0 Å². The molecule has 0 aliphatic rings. The van der Waals surface area contributed by atoms with Crippen molar-refractivity contribution in [3.8, 4) is 5.75 Å². The molecule has 27 heavy (non-hydrogen) atoms. The topological polar surface area (TPSA) is 114 Å². The van der Waals surface area contributed by atoms with Crippen molar-refractivity contribution in [2.45, 2.75) is 16.0 Å². The summed E-state index contributed by atoms with van der Waals surface area (Å²) in [4.78, 5) is 1.10. The zero-order valence-corrected chi connectivity index (χ0v) is 15.1.